The lowest BCUT2D eigenvalue weighted by atomic mass is 10.1. The number of rotatable bonds is 4. The minimum absolute atomic E-state index is 0.0268. The number of likely N-dealkylation sites (tertiary alicyclic amines) is 1. The van der Waals surface area contributed by atoms with E-state index in [4.69, 9.17) is 5.73 Å². The number of hydrogen-bond acceptors (Lipinski definition) is 4. The fraction of sp³-hybridized carbons (Fsp3) is 0.818. The summed E-state index contributed by atoms with van der Waals surface area (Å²) in [6, 6.07) is -0.447. The summed E-state index contributed by atoms with van der Waals surface area (Å²) in [6.45, 7) is 3.16. The summed E-state index contributed by atoms with van der Waals surface area (Å²) < 4.78 is 4.52. The fourth-order valence-electron chi connectivity index (χ4n) is 1.97. The Labute approximate surface area is 101 Å². The maximum Gasteiger partial charge on any atom is 0.407 e. The zero-order valence-electron chi connectivity index (χ0n) is 10.4. The van der Waals surface area contributed by atoms with Gasteiger partial charge in [0, 0.05) is 13.1 Å². The number of nitrogens with zero attached hydrogens (tertiary/aromatic N) is 1. The van der Waals surface area contributed by atoms with E-state index in [1.807, 2.05) is 6.92 Å². The van der Waals surface area contributed by atoms with E-state index in [1.54, 1.807) is 4.90 Å². The Bertz CT molecular complexity index is 283. The molecule has 6 nitrogen and oxygen atoms in total. The van der Waals surface area contributed by atoms with Gasteiger partial charge in [0.05, 0.1) is 19.2 Å². The quantitative estimate of drug-likeness (QED) is 0.732. The van der Waals surface area contributed by atoms with Gasteiger partial charge in [-0.15, -0.1) is 0 Å². The van der Waals surface area contributed by atoms with Gasteiger partial charge in [-0.2, -0.15) is 0 Å². The summed E-state index contributed by atoms with van der Waals surface area (Å²) >= 11 is 0. The number of alkyl carbamates (subject to hydrolysis) is 1. The van der Waals surface area contributed by atoms with E-state index < -0.39 is 12.1 Å². The van der Waals surface area contributed by atoms with Gasteiger partial charge in [0.1, 0.15) is 0 Å². The van der Waals surface area contributed by atoms with Crippen molar-refractivity contribution in [3.63, 3.8) is 0 Å². The molecular formula is C11H21N3O3. The normalized spacial score (nSPS) is 21.1. The maximum atomic E-state index is 11.9. The number of hydrogen-bond donors (Lipinski definition) is 2. The van der Waals surface area contributed by atoms with E-state index in [9.17, 15) is 9.59 Å². The third-order valence-corrected chi connectivity index (χ3v) is 2.92. The second-order valence-electron chi connectivity index (χ2n) is 4.30. The van der Waals surface area contributed by atoms with Crippen LogP contribution in [0.4, 0.5) is 4.79 Å². The van der Waals surface area contributed by atoms with Gasteiger partial charge in [-0.05, 0) is 12.8 Å². The third kappa shape index (κ3) is 3.89. The first-order chi connectivity index (χ1) is 8.08. The van der Waals surface area contributed by atoms with Crippen LogP contribution in [0.2, 0.25) is 0 Å². The number of carbonyl (C=O) groups is 2. The molecule has 3 N–H and O–H groups in total. The minimum atomic E-state index is -0.456. The number of methoxy groups -OCH3 is 1. The molecular weight excluding hydrogens is 222 g/mol. The molecule has 17 heavy (non-hydrogen) atoms. The molecule has 0 saturated carbocycles. The van der Waals surface area contributed by atoms with Crippen molar-refractivity contribution >= 4 is 12.0 Å². The summed E-state index contributed by atoms with van der Waals surface area (Å²) in [6.07, 6.45) is 1.89. The number of carbonyl (C=O) groups excluding carboxylic acids is 2. The molecule has 0 bridgehead atoms. The number of nitrogens with one attached hydrogen (secondary N) is 1. The van der Waals surface area contributed by atoms with E-state index in [2.05, 4.69) is 10.1 Å². The lowest BCUT2D eigenvalue weighted by molar-refractivity contribution is -0.131. The molecule has 0 aromatic rings. The average Bonchev–Trinajstić information content (AvgIpc) is 2.76. The molecule has 2 atom stereocenters. The van der Waals surface area contributed by atoms with Crippen LogP contribution in [0.25, 0.3) is 0 Å². The maximum absolute atomic E-state index is 11.9. The van der Waals surface area contributed by atoms with Gasteiger partial charge in [0.15, 0.2) is 0 Å². The highest BCUT2D eigenvalue weighted by Crippen LogP contribution is 2.11. The summed E-state index contributed by atoms with van der Waals surface area (Å²) in [5, 5.41) is 2.69. The van der Waals surface area contributed by atoms with Crippen LogP contribution in [0.1, 0.15) is 26.2 Å². The van der Waals surface area contributed by atoms with Crippen molar-refractivity contribution in [2.45, 2.75) is 38.3 Å². The van der Waals surface area contributed by atoms with Crippen LogP contribution in [0.5, 0.6) is 0 Å². The number of ether oxygens (including phenoxy) is 1. The first-order valence-corrected chi connectivity index (χ1v) is 5.97. The number of amides is 2. The largest absolute Gasteiger partial charge is 0.453 e. The Morgan fingerprint density at radius 3 is 2.88 bits per heavy atom. The van der Waals surface area contributed by atoms with Crippen molar-refractivity contribution in [1.82, 2.24) is 10.2 Å². The fourth-order valence-corrected chi connectivity index (χ4v) is 1.97. The van der Waals surface area contributed by atoms with Gasteiger partial charge in [-0.1, -0.05) is 13.3 Å². The topological polar surface area (TPSA) is 84.7 Å². The van der Waals surface area contributed by atoms with Gasteiger partial charge >= 0.3 is 6.09 Å². The van der Waals surface area contributed by atoms with Gasteiger partial charge in [0.25, 0.3) is 0 Å². The van der Waals surface area contributed by atoms with Crippen LogP contribution in [-0.4, -0.2) is 49.2 Å². The van der Waals surface area contributed by atoms with Crippen LogP contribution < -0.4 is 11.1 Å². The smallest absolute Gasteiger partial charge is 0.407 e. The molecule has 0 aliphatic carbocycles. The predicted molar refractivity (Wildman–Crippen MR) is 63.4 cm³/mol. The summed E-state index contributed by atoms with van der Waals surface area (Å²) in [5.41, 5.74) is 5.78. The van der Waals surface area contributed by atoms with E-state index in [-0.39, 0.29) is 11.9 Å². The Morgan fingerprint density at radius 2 is 2.29 bits per heavy atom. The third-order valence-electron chi connectivity index (χ3n) is 2.92. The molecule has 0 aromatic heterocycles. The first-order valence-electron chi connectivity index (χ1n) is 5.97. The second kappa shape index (κ2) is 6.44. The van der Waals surface area contributed by atoms with E-state index in [1.165, 1.54) is 7.11 Å². The summed E-state index contributed by atoms with van der Waals surface area (Å²) in [5.74, 6) is -0.0268. The van der Waals surface area contributed by atoms with Gasteiger partial charge < -0.3 is 20.7 Å². The molecule has 2 unspecified atom stereocenters. The van der Waals surface area contributed by atoms with Crippen LogP contribution in [0, 0.1) is 0 Å². The molecule has 98 valence electrons. The van der Waals surface area contributed by atoms with Crippen molar-refractivity contribution < 1.29 is 14.3 Å². The zero-order valence-corrected chi connectivity index (χ0v) is 10.4. The zero-order chi connectivity index (χ0) is 12.8. The molecule has 1 rings (SSSR count). The Morgan fingerprint density at radius 1 is 1.59 bits per heavy atom. The van der Waals surface area contributed by atoms with Gasteiger partial charge in [-0.3, -0.25) is 4.79 Å². The lowest BCUT2D eigenvalue weighted by Gasteiger charge is -2.20. The van der Waals surface area contributed by atoms with Crippen molar-refractivity contribution in [3.8, 4) is 0 Å². The van der Waals surface area contributed by atoms with E-state index in [0.29, 0.717) is 19.5 Å². The Kier molecular flexibility index (Phi) is 5.21. The highest BCUT2D eigenvalue weighted by atomic mass is 16.5. The second-order valence-corrected chi connectivity index (χ2v) is 4.30. The lowest BCUT2D eigenvalue weighted by Crippen LogP contribution is -2.44. The molecule has 1 heterocycles. The average molecular weight is 243 g/mol. The summed E-state index contributed by atoms with van der Waals surface area (Å²) in [4.78, 5) is 24.6. The van der Waals surface area contributed by atoms with Crippen molar-refractivity contribution in [2.24, 2.45) is 5.73 Å². The van der Waals surface area contributed by atoms with Crippen LogP contribution in [0.15, 0.2) is 0 Å². The minimum Gasteiger partial charge on any atom is -0.453 e. The predicted octanol–water partition coefficient (Wildman–Crippen LogP) is 0.0707. The standard InChI is InChI=1S/C11H21N3O3/c1-3-4-9(12)10(15)14-6-5-8(7-14)13-11(16)17-2/h8-9H,3-7,12H2,1-2H3,(H,13,16). The van der Waals surface area contributed by atoms with Crippen LogP contribution >= 0.6 is 0 Å². The van der Waals surface area contributed by atoms with Gasteiger partial charge in [0.2, 0.25) is 5.91 Å². The molecule has 6 heteroatoms. The summed E-state index contributed by atoms with van der Waals surface area (Å²) in [7, 11) is 1.32. The molecule has 1 fully saturated rings. The first kappa shape index (κ1) is 13.8. The van der Waals surface area contributed by atoms with E-state index in [0.717, 1.165) is 12.8 Å². The van der Waals surface area contributed by atoms with Crippen LogP contribution in [-0.2, 0) is 9.53 Å². The molecule has 1 aliphatic heterocycles. The highest BCUT2D eigenvalue weighted by Gasteiger charge is 2.29. The van der Waals surface area contributed by atoms with Crippen LogP contribution in [0.3, 0.4) is 0 Å². The molecule has 1 saturated heterocycles. The molecule has 0 aromatic carbocycles. The van der Waals surface area contributed by atoms with Gasteiger partial charge in [-0.25, -0.2) is 4.79 Å². The SMILES string of the molecule is CCCC(N)C(=O)N1CCC(NC(=O)OC)C1. The van der Waals surface area contributed by atoms with Crippen molar-refractivity contribution in [1.29, 1.82) is 0 Å². The molecule has 0 radical (unpaired) electrons. The van der Waals surface area contributed by atoms with Crippen molar-refractivity contribution in [2.75, 3.05) is 20.2 Å². The molecule has 1 aliphatic rings. The highest BCUT2D eigenvalue weighted by molar-refractivity contribution is 5.82. The molecule has 2 amide bonds. The Balaban J connectivity index is 2.39. The number of nitrogens with two attached hydrogens (primary N) is 1. The molecule has 0 spiro atoms. The monoisotopic (exact) mass is 243 g/mol. The van der Waals surface area contributed by atoms with E-state index >= 15 is 0 Å². The Hall–Kier alpha value is -1.30. The van der Waals surface area contributed by atoms with Crippen molar-refractivity contribution in [3.05, 3.63) is 0 Å².